The fourth-order valence-electron chi connectivity index (χ4n) is 1.70. The van der Waals surface area contributed by atoms with Gasteiger partial charge in [-0.15, -0.1) is 0 Å². The van der Waals surface area contributed by atoms with Crippen LogP contribution >= 0.6 is 0 Å². The van der Waals surface area contributed by atoms with Crippen LogP contribution in [0.25, 0.3) is 0 Å². The molecule has 80 valence electrons. The third-order valence-corrected chi connectivity index (χ3v) is 5.20. The maximum absolute atomic E-state index is 11.7. The van der Waals surface area contributed by atoms with E-state index < -0.39 is 0 Å². The molecule has 1 unspecified atom stereocenters. The second kappa shape index (κ2) is 4.93. The van der Waals surface area contributed by atoms with Gasteiger partial charge in [-0.25, -0.2) is 0 Å². The number of benzene rings is 1. The number of carbonyl (C=O) groups excluding carboxylic acids is 1. The number of nitrogens with zero attached hydrogens (tertiary/aromatic N) is 1. The average Bonchev–Trinajstić information content (AvgIpc) is 2.25. The molecule has 1 fully saturated rings. The fraction of sp³-hybridized carbons (Fsp3) is 0.417. The van der Waals surface area contributed by atoms with Gasteiger partial charge in [0, 0.05) is 0 Å². The monoisotopic (exact) mass is 269 g/mol. The van der Waals surface area contributed by atoms with Gasteiger partial charge in [0.05, 0.1) is 0 Å². The molecule has 1 aliphatic rings. The zero-order chi connectivity index (χ0) is 10.7. The van der Waals surface area contributed by atoms with E-state index in [1.807, 2.05) is 18.2 Å². The summed E-state index contributed by atoms with van der Waals surface area (Å²) in [6.07, 6.45) is 0.732. The van der Waals surface area contributed by atoms with Gasteiger partial charge in [-0.1, -0.05) is 0 Å². The molecule has 1 heterocycles. The van der Waals surface area contributed by atoms with E-state index in [1.54, 1.807) is 0 Å². The van der Waals surface area contributed by atoms with Crippen LogP contribution in [0.3, 0.4) is 0 Å². The van der Waals surface area contributed by atoms with Gasteiger partial charge in [0.2, 0.25) is 0 Å². The van der Waals surface area contributed by atoms with E-state index in [4.69, 9.17) is 0 Å². The standard InChI is InChI=1S/C12H15NOSe/c1-13-8-7-11(14)12(9-13)15-10-5-3-2-4-6-10/h2-6,12H,7-9H2,1H3. The molecule has 1 atom stereocenters. The first-order valence-electron chi connectivity index (χ1n) is 5.18. The zero-order valence-electron chi connectivity index (χ0n) is 8.85. The molecule has 1 saturated heterocycles. The summed E-state index contributed by atoms with van der Waals surface area (Å²) in [5.74, 6) is 0.456. The molecule has 0 bridgehead atoms. The Hall–Kier alpha value is -0.631. The van der Waals surface area contributed by atoms with Crippen LogP contribution in [0.4, 0.5) is 0 Å². The summed E-state index contributed by atoms with van der Waals surface area (Å²) in [5.41, 5.74) is 0. The Balaban J connectivity index is 2.01. The Bertz CT molecular complexity index is 339. The normalized spacial score (nSPS) is 23.0. The number of likely N-dealkylation sites (tertiary alicyclic amines) is 1. The molecule has 1 aliphatic heterocycles. The van der Waals surface area contributed by atoms with Crippen molar-refractivity contribution in [3.05, 3.63) is 30.3 Å². The predicted molar refractivity (Wildman–Crippen MR) is 62.7 cm³/mol. The summed E-state index contributed by atoms with van der Waals surface area (Å²) in [7, 11) is 2.10. The van der Waals surface area contributed by atoms with Crippen LogP contribution in [0.15, 0.2) is 30.3 Å². The fourth-order valence-corrected chi connectivity index (χ4v) is 4.27. The molecule has 0 radical (unpaired) electrons. The van der Waals surface area contributed by atoms with Gasteiger partial charge in [0.1, 0.15) is 0 Å². The topological polar surface area (TPSA) is 20.3 Å². The third kappa shape index (κ3) is 2.91. The Kier molecular flexibility index (Phi) is 3.57. The molecule has 15 heavy (non-hydrogen) atoms. The first-order chi connectivity index (χ1) is 7.25. The second-order valence-corrected chi connectivity index (χ2v) is 6.58. The van der Waals surface area contributed by atoms with E-state index in [9.17, 15) is 4.79 Å². The van der Waals surface area contributed by atoms with E-state index in [-0.39, 0.29) is 4.82 Å². The zero-order valence-corrected chi connectivity index (χ0v) is 10.6. The number of carbonyl (C=O) groups is 1. The van der Waals surface area contributed by atoms with Crippen LogP contribution in [-0.4, -0.2) is 45.8 Å². The SMILES string of the molecule is CN1CCC(=O)C([Se]c2ccccc2)C1. The predicted octanol–water partition coefficient (Wildman–Crippen LogP) is 0.709. The third-order valence-electron chi connectivity index (χ3n) is 2.60. The van der Waals surface area contributed by atoms with E-state index >= 15 is 0 Å². The van der Waals surface area contributed by atoms with Gasteiger partial charge in [0.25, 0.3) is 0 Å². The Morgan fingerprint density at radius 1 is 1.33 bits per heavy atom. The van der Waals surface area contributed by atoms with Crippen LogP contribution in [0.2, 0.25) is 4.82 Å². The summed E-state index contributed by atoms with van der Waals surface area (Å²) >= 11 is 0.299. The molecule has 2 rings (SSSR count). The molecule has 1 aromatic carbocycles. The Morgan fingerprint density at radius 2 is 2.07 bits per heavy atom. The van der Waals surface area contributed by atoms with Crippen molar-refractivity contribution in [3.63, 3.8) is 0 Å². The van der Waals surface area contributed by atoms with Gasteiger partial charge in [0.15, 0.2) is 0 Å². The second-order valence-electron chi connectivity index (χ2n) is 3.90. The van der Waals surface area contributed by atoms with E-state index in [0.717, 1.165) is 19.5 Å². The van der Waals surface area contributed by atoms with Crippen LogP contribution in [0, 0.1) is 0 Å². The molecule has 2 nitrogen and oxygen atoms in total. The van der Waals surface area contributed by atoms with Crippen molar-refractivity contribution in [2.45, 2.75) is 11.2 Å². The van der Waals surface area contributed by atoms with Crippen molar-refractivity contribution < 1.29 is 4.79 Å². The van der Waals surface area contributed by atoms with Crippen molar-refractivity contribution in [1.29, 1.82) is 0 Å². The van der Waals surface area contributed by atoms with E-state index in [2.05, 4.69) is 24.1 Å². The molecule has 0 N–H and O–H groups in total. The molecule has 0 aromatic heterocycles. The van der Waals surface area contributed by atoms with Gasteiger partial charge in [-0.3, -0.25) is 0 Å². The summed E-state index contributed by atoms with van der Waals surface area (Å²) in [4.78, 5) is 14.3. The summed E-state index contributed by atoms with van der Waals surface area (Å²) in [6.45, 7) is 1.87. The molecular weight excluding hydrogens is 253 g/mol. The molecule has 0 amide bonds. The summed E-state index contributed by atoms with van der Waals surface area (Å²) < 4.78 is 1.33. The number of hydrogen-bond acceptors (Lipinski definition) is 2. The molecule has 0 aliphatic carbocycles. The number of ketones is 1. The summed E-state index contributed by atoms with van der Waals surface area (Å²) in [6, 6.07) is 10.4. The van der Waals surface area contributed by atoms with E-state index in [1.165, 1.54) is 4.46 Å². The number of hydrogen-bond donors (Lipinski definition) is 0. The molecule has 0 saturated carbocycles. The van der Waals surface area contributed by atoms with Crippen LogP contribution in [-0.2, 0) is 4.79 Å². The van der Waals surface area contributed by atoms with Gasteiger partial charge in [-0.2, -0.15) is 0 Å². The average molecular weight is 268 g/mol. The van der Waals surface area contributed by atoms with Crippen LogP contribution in [0.1, 0.15) is 6.42 Å². The Morgan fingerprint density at radius 3 is 2.80 bits per heavy atom. The first-order valence-corrected chi connectivity index (χ1v) is 7.03. The van der Waals surface area contributed by atoms with Crippen molar-refractivity contribution >= 4 is 25.2 Å². The van der Waals surface area contributed by atoms with Gasteiger partial charge < -0.3 is 0 Å². The number of rotatable bonds is 2. The minimum atomic E-state index is 0.263. The van der Waals surface area contributed by atoms with Gasteiger partial charge >= 0.3 is 96.6 Å². The van der Waals surface area contributed by atoms with Crippen LogP contribution in [0.5, 0.6) is 0 Å². The number of Topliss-reactive ketones (excluding diaryl/α,β-unsaturated/α-hetero) is 1. The van der Waals surface area contributed by atoms with Crippen LogP contribution < -0.4 is 4.46 Å². The van der Waals surface area contributed by atoms with Crippen molar-refractivity contribution in [3.8, 4) is 0 Å². The van der Waals surface area contributed by atoms with Gasteiger partial charge in [-0.05, 0) is 0 Å². The Labute approximate surface area is 96.8 Å². The van der Waals surface area contributed by atoms with E-state index in [0.29, 0.717) is 20.7 Å². The molecule has 3 heteroatoms. The molecule has 0 spiro atoms. The van der Waals surface area contributed by atoms with Crippen molar-refractivity contribution in [2.75, 3.05) is 20.1 Å². The maximum atomic E-state index is 11.7. The summed E-state index contributed by atoms with van der Waals surface area (Å²) in [5, 5.41) is 0. The van der Waals surface area contributed by atoms with Crippen molar-refractivity contribution in [2.24, 2.45) is 0 Å². The van der Waals surface area contributed by atoms with Crippen molar-refractivity contribution in [1.82, 2.24) is 4.90 Å². The molecular formula is C12H15NOSe. The quantitative estimate of drug-likeness (QED) is 0.736. The first kappa shape index (κ1) is 10.9. The number of piperidine rings is 1. The minimum absolute atomic E-state index is 0.263. The molecule has 1 aromatic rings.